The van der Waals surface area contributed by atoms with Crippen molar-refractivity contribution in [1.29, 1.82) is 5.26 Å². The van der Waals surface area contributed by atoms with Crippen LogP contribution < -0.4 is 11.1 Å². The van der Waals surface area contributed by atoms with Crippen LogP contribution in [0.5, 0.6) is 0 Å². The van der Waals surface area contributed by atoms with Gasteiger partial charge >= 0.3 is 0 Å². The average molecular weight is 292 g/mol. The molecule has 3 N–H and O–H groups in total. The van der Waals surface area contributed by atoms with Crippen LogP contribution in [0.4, 0.5) is 10.9 Å². The third-order valence-corrected chi connectivity index (χ3v) is 3.48. The molecule has 2 heterocycles. The number of nitriles is 1. The van der Waals surface area contributed by atoms with Gasteiger partial charge < -0.3 is 11.1 Å². The molecule has 0 radical (unpaired) electrons. The lowest BCUT2D eigenvalue weighted by Crippen LogP contribution is -2.14. The first-order valence-corrected chi connectivity index (χ1v) is 6.90. The first-order valence-electron chi connectivity index (χ1n) is 5.04. The highest BCUT2D eigenvalue weighted by atomic mass is 32.2. The van der Waals surface area contributed by atoms with Crippen molar-refractivity contribution in [2.45, 2.75) is 5.16 Å². The van der Waals surface area contributed by atoms with E-state index in [0.717, 1.165) is 11.8 Å². The van der Waals surface area contributed by atoms with Crippen LogP contribution in [0.25, 0.3) is 0 Å². The van der Waals surface area contributed by atoms with Crippen LogP contribution >= 0.6 is 23.1 Å². The average Bonchev–Trinajstić information content (AvgIpc) is 2.89. The molecule has 0 aromatic carbocycles. The monoisotopic (exact) mass is 292 g/mol. The number of aromatic nitrogens is 3. The zero-order valence-corrected chi connectivity index (χ0v) is 11.2. The highest BCUT2D eigenvalue weighted by molar-refractivity contribution is 7.99. The SMILES string of the molecule is N#Cc1cnc(SCC(=O)Nc2nccs2)nc1N. The van der Waals surface area contributed by atoms with Crippen LogP contribution in [0, 0.1) is 11.3 Å². The number of nitrogens with one attached hydrogen (secondary N) is 1. The van der Waals surface area contributed by atoms with Crippen LogP contribution in [0.3, 0.4) is 0 Å². The van der Waals surface area contributed by atoms with Crippen molar-refractivity contribution in [2.75, 3.05) is 16.8 Å². The minimum Gasteiger partial charge on any atom is -0.382 e. The summed E-state index contributed by atoms with van der Waals surface area (Å²) in [5, 5.41) is 14.0. The summed E-state index contributed by atoms with van der Waals surface area (Å²) in [5.74, 6) is 0.0529. The number of carbonyl (C=O) groups excluding carboxylic acids is 1. The van der Waals surface area contributed by atoms with E-state index >= 15 is 0 Å². The summed E-state index contributed by atoms with van der Waals surface area (Å²) in [6.07, 6.45) is 2.95. The predicted octanol–water partition coefficient (Wildman–Crippen LogP) is 1.12. The van der Waals surface area contributed by atoms with Crippen LogP contribution in [0.15, 0.2) is 22.9 Å². The van der Waals surface area contributed by atoms with Crippen LogP contribution in [-0.2, 0) is 4.79 Å². The van der Waals surface area contributed by atoms with E-state index in [2.05, 4.69) is 20.3 Å². The largest absolute Gasteiger partial charge is 0.382 e. The number of nitrogens with two attached hydrogens (primary N) is 1. The molecule has 19 heavy (non-hydrogen) atoms. The van der Waals surface area contributed by atoms with E-state index < -0.39 is 0 Å². The Morgan fingerprint density at radius 3 is 3.05 bits per heavy atom. The molecule has 1 amide bonds. The number of hydrogen-bond donors (Lipinski definition) is 2. The normalized spacial score (nSPS) is 9.84. The number of thioether (sulfide) groups is 1. The van der Waals surface area contributed by atoms with Crippen molar-refractivity contribution in [3.05, 3.63) is 23.3 Å². The predicted molar refractivity (Wildman–Crippen MR) is 72.6 cm³/mol. The molecule has 0 atom stereocenters. The van der Waals surface area contributed by atoms with Gasteiger partial charge in [-0.2, -0.15) is 5.26 Å². The molecule has 2 aromatic rings. The molecule has 9 heteroatoms. The number of amides is 1. The van der Waals surface area contributed by atoms with Gasteiger partial charge in [-0.05, 0) is 0 Å². The molecule has 0 fully saturated rings. The topological polar surface area (TPSA) is 118 Å². The van der Waals surface area contributed by atoms with E-state index in [9.17, 15) is 4.79 Å². The first-order chi connectivity index (χ1) is 9.19. The second kappa shape index (κ2) is 6.12. The fourth-order valence-electron chi connectivity index (χ4n) is 1.10. The Balaban J connectivity index is 1.90. The molecule has 0 saturated carbocycles. The van der Waals surface area contributed by atoms with E-state index in [0.29, 0.717) is 10.3 Å². The van der Waals surface area contributed by atoms with Gasteiger partial charge in [0.2, 0.25) is 5.91 Å². The van der Waals surface area contributed by atoms with Crippen molar-refractivity contribution in [3.8, 4) is 6.07 Å². The maximum absolute atomic E-state index is 11.6. The number of anilines is 2. The summed E-state index contributed by atoms with van der Waals surface area (Å²) >= 11 is 2.48. The Kier molecular flexibility index (Phi) is 4.27. The fourth-order valence-corrected chi connectivity index (χ4v) is 2.27. The Labute approximate surface area is 116 Å². The Bertz CT molecular complexity index is 621. The summed E-state index contributed by atoms with van der Waals surface area (Å²) in [5.41, 5.74) is 5.77. The van der Waals surface area contributed by atoms with Crippen molar-refractivity contribution >= 4 is 40.0 Å². The number of rotatable bonds is 4. The maximum Gasteiger partial charge on any atom is 0.236 e. The third-order valence-electron chi connectivity index (χ3n) is 1.93. The minimum atomic E-state index is -0.202. The molecule has 0 aliphatic rings. The van der Waals surface area contributed by atoms with E-state index in [-0.39, 0.29) is 23.0 Å². The number of carbonyl (C=O) groups is 1. The number of nitrogen functional groups attached to an aromatic ring is 1. The second-order valence-electron chi connectivity index (χ2n) is 3.24. The molecule has 2 aromatic heterocycles. The summed E-state index contributed by atoms with van der Waals surface area (Å²) in [6.45, 7) is 0. The summed E-state index contributed by atoms with van der Waals surface area (Å²) in [7, 11) is 0. The molecule has 0 aliphatic carbocycles. The van der Waals surface area contributed by atoms with E-state index in [1.165, 1.54) is 17.5 Å². The molecule has 7 nitrogen and oxygen atoms in total. The number of thiazole rings is 1. The Morgan fingerprint density at radius 1 is 1.58 bits per heavy atom. The van der Waals surface area contributed by atoms with Crippen molar-refractivity contribution in [2.24, 2.45) is 0 Å². The second-order valence-corrected chi connectivity index (χ2v) is 5.07. The lowest BCUT2D eigenvalue weighted by atomic mass is 10.3. The maximum atomic E-state index is 11.6. The standard InChI is InChI=1S/C10H8N6OS2/c11-3-6-4-14-10(16-8(6)12)19-5-7(17)15-9-13-1-2-18-9/h1-2,4H,5H2,(H2,12,14,16)(H,13,15,17). The van der Waals surface area contributed by atoms with E-state index in [4.69, 9.17) is 11.0 Å². The van der Waals surface area contributed by atoms with Gasteiger partial charge in [0, 0.05) is 11.6 Å². The van der Waals surface area contributed by atoms with Gasteiger partial charge in [0.1, 0.15) is 17.5 Å². The lowest BCUT2D eigenvalue weighted by molar-refractivity contribution is -0.113. The van der Waals surface area contributed by atoms with Crippen molar-refractivity contribution in [1.82, 2.24) is 15.0 Å². The lowest BCUT2D eigenvalue weighted by Gasteiger charge is -2.02. The molecule has 0 spiro atoms. The van der Waals surface area contributed by atoms with Gasteiger partial charge in [0.15, 0.2) is 10.3 Å². The highest BCUT2D eigenvalue weighted by Crippen LogP contribution is 2.17. The molecular weight excluding hydrogens is 284 g/mol. The number of nitrogens with zero attached hydrogens (tertiary/aromatic N) is 4. The molecule has 96 valence electrons. The van der Waals surface area contributed by atoms with Gasteiger partial charge in [0.05, 0.1) is 11.9 Å². The highest BCUT2D eigenvalue weighted by Gasteiger charge is 2.08. The van der Waals surface area contributed by atoms with Gasteiger partial charge in [0.25, 0.3) is 0 Å². The van der Waals surface area contributed by atoms with Crippen molar-refractivity contribution < 1.29 is 4.79 Å². The quantitative estimate of drug-likeness (QED) is 0.640. The summed E-state index contributed by atoms with van der Waals surface area (Å²) < 4.78 is 0. The molecule has 0 unspecified atom stereocenters. The van der Waals surface area contributed by atoms with Crippen LogP contribution in [0.2, 0.25) is 0 Å². The Morgan fingerprint density at radius 2 is 2.42 bits per heavy atom. The first kappa shape index (κ1) is 13.3. The zero-order valence-electron chi connectivity index (χ0n) is 9.53. The van der Waals surface area contributed by atoms with Gasteiger partial charge in [-0.3, -0.25) is 4.79 Å². The fraction of sp³-hybridized carbons (Fsp3) is 0.100. The smallest absolute Gasteiger partial charge is 0.236 e. The van der Waals surface area contributed by atoms with Crippen molar-refractivity contribution in [3.63, 3.8) is 0 Å². The van der Waals surface area contributed by atoms with Gasteiger partial charge in [-0.25, -0.2) is 15.0 Å². The van der Waals surface area contributed by atoms with E-state index in [1.807, 2.05) is 6.07 Å². The van der Waals surface area contributed by atoms with Crippen LogP contribution in [0.1, 0.15) is 5.56 Å². The van der Waals surface area contributed by atoms with Gasteiger partial charge in [-0.1, -0.05) is 11.8 Å². The molecular formula is C10H8N6OS2. The van der Waals surface area contributed by atoms with Gasteiger partial charge in [-0.15, -0.1) is 11.3 Å². The summed E-state index contributed by atoms with van der Waals surface area (Å²) in [4.78, 5) is 23.4. The number of hydrogen-bond acceptors (Lipinski definition) is 8. The molecule has 2 rings (SSSR count). The minimum absolute atomic E-state index is 0.111. The third kappa shape index (κ3) is 3.64. The molecule has 0 saturated heterocycles. The molecule has 0 bridgehead atoms. The zero-order chi connectivity index (χ0) is 13.7. The summed E-state index contributed by atoms with van der Waals surface area (Å²) in [6, 6.07) is 1.87. The molecule has 0 aliphatic heterocycles. The van der Waals surface area contributed by atoms with E-state index in [1.54, 1.807) is 11.6 Å². The van der Waals surface area contributed by atoms with Crippen LogP contribution in [-0.4, -0.2) is 26.6 Å². The Hall–Kier alpha value is -2.18.